The lowest BCUT2D eigenvalue weighted by atomic mass is 9.96. The molecule has 1 rings (SSSR count). The van der Waals surface area contributed by atoms with E-state index in [-0.39, 0.29) is 5.97 Å². The number of carbonyl (C=O) groups excluding carboxylic acids is 1. The Labute approximate surface area is 121 Å². The molecular formula is C16H25NO3. The number of benzene rings is 1. The molecule has 0 fully saturated rings. The first-order chi connectivity index (χ1) is 9.36. The van der Waals surface area contributed by atoms with Crippen LogP contribution in [0, 0.1) is 13.8 Å². The summed E-state index contributed by atoms with van der Waals surface area (Å²) in [6.07, 6.45) is 2.28. The van der Waals surface area contributed by atoms with E-state index < -0.39 is 5.54 Å². The third kappa shape index (κ3) is 4.85. The van der Waals surface area contributed by atoms with Crippen LogP contribution in [0.25, 0.3) is 0 Å². The Morgan fingerprint density at radius 1 is 1.30 bits per heavy atom. The van der Waals surface area contributed by atoms with E-state index in [0.717, 1.165) is 24.2 Å². The number of rotatable bonds is 7. The van der Waals surface area contributed by atoms with E-state index in [2.05, 4.69) is 16.9 Å². The molecule has 0 bridgehead atoms. The average molecular weight is 279 g/mol. The number of hydrogen-bond acceptors (Lipinski definition) is 4. The zero-order valence-corrected chi connectivity index (χ0v) is 12.9. The van der Waals surface area contributed by atoms with E-state index in [9.17, 15) is 4.79 Å². The van der Waals surface area contributed by atoms with Crippen molar-refractivity contribution in [2.75, 3.05) is 13.7 Å². The molecule has 0 aliphatic heterocycles. The molecule has 0 aromatic heterocycles. The molecule has 112 valence electrons. The van der Waals surface area contributed by atoms with Gasteiger partial charge >= 0.3 is 5.97 Å². The maximum Gasteiger partial charge on any atom is 0.325 e. The minimum Gasteiger partial charge on any atom is -0.493 e. The van der Waals surface area contributed by atoms with Crippen LogP contribution in [0.4, 0.5) is 0 Å². The van der Waals surface area contributed by atoms with Gasteiger partial charge in [0.15, 0.2) is 0 Å². The number of hydrogen-bond donors (Lipinski definition) is 1. The molecule has 0 spiro atoms. The fourth-order valence-electron chi connectivity index (χ4n) is 1.97. The predicted octanol–water partition coefficient (Wildman–Crippen LogP) is 2.74. The SMILES string of the molecule is COC(=O)C(C)(N)CCCCOc1cc(C)ccc1C. The molecule has 0 aliphatic carbocycles. The second-order valence-corrected chi connectivity index (χ2v) is 5.48. The summed E-state index contributed by atoms with van der Waals surface area (Å²) in [5.41, 5.74) is 7.30. The van der Waals surface area contributed by atoms with E-state index >= 15 is 0 Å². The fourth-order valence-corrected chi connectivity index (χ4v) is 1.97. The molecule has 4 nitrogen and oxygen atoms in total. The first-order valence-electron chi connectivity index (χ1n) is 6.94. The Balaban J connectivity index is 2.32. The van der Waals surface area contributed by atoms with Crippen LogP contribution in [0.5, 0.6) is 5.75 Å². The molecule has 0 saturated carbocycles. The van der Waals surface area contributed by atoms with Crippen molar-refractivity contribution >= 4 is 5.97 Å². The van der Waals surface area contributed by atoms with Crippen molar-refractivity contribution in [3.63, 3.8) is 0 Å². The Kier molecular flexibility index (Phi) is 6.02. The average Bonchev–Trinajstić information content (AvgIpc) is 2.41. The molecule has 1 unspecified atom stereocenters. The molecule has 20 heavy (non-hydrogen) atoms. The molecule has 4 heteroatoms. The highest BCUT2D eigenvalue weighted by atomic mass is 16.5. The first-order valence-corrected chi connectivity index (χ1v) is 6.94. The second-order valence-electron chi connectivity index (χ2n) is 5.48. The van der Waals surface area contributed by atoms with Crippen molar-refractivity contribution in [2.24, 2.45) is 5.73 Å². The largest absolute Gasteiger partial charge is 0.493 e. The first kappa shape index (κ1) is 16.5. The van der Waals surface area contributed by atoms with Crippen molar-refractivity contribution < 1.29 is 14.3 Å². The standard InChI is InChI=1S/C16H25NO3/c1-12-7-8-13(2)14(11-12)20-10-6-5-9-16(3,17)15(18)19-4/h7-8,11H,5-6,9-10,17H2,1-4H3. The number of esters is 1. The van der Waals surface area contributed by atoms with E-state index in [1.807, 2.05) is 19.9 Å². The number of methoxy groups -OCH3 is 1. The van der Waals surface area contributed by atoms with Crippen LogP contribution >= 0.6 is 0 Å². The molecular weight excluding hydrogens is 254 g/mol. The van der Waals surface area contributed by atoms with Gasteiger partial charge in [-0.1, -0.05) is 12.1 Å². The summed E-state index contributed by atoms with van der Waals surface area (Å²) >= 11 is 0. The Morgan fingerprint density at radius 3 is 2.65 bits per heavy atom. The Morgan fingerprint density at radius 2 is 2.00 bits per heavy atom. The topological polar surface area (TPSA) is 61.5 Å². The molecule has 0 heterocycles. The summed E-state index contributed by atoms with van der Waals surface area (Å²) in [6, 6.07) is 6.16. The van der Waals surface area contributed by atoms with Crippen molar-refractivity contribution in [1.29, 1.82) is 0 Å². The Hall–Kier alpha value is -1.55. The summed E-state index contributed by atoms with van der Waals surface area (Å²) in [6.45, 7) is 6.40. The van der Waals surface area contributed by atoms with Crippen molar-refractivity contribution in [3.8, 4) is 5.75 Å². The van der Waals surface area contributed by atoms with E-state index in [0.29, 0.717) is 13.0 Å². The van der Waals surface area contributed by atoms with Gasteiger partial charge in [-0.25, -0.2) is 0 Å². The van der Waals surface area contributed by atoms with E-state index in [1.54, 1.807) is 6.92 Å². The minimum atomic E-state index is -0.909. The van der Waals surface area contributed by atoms with Gasteiger partial charge in [-0.15, -0.1) is 0 Å². The van der Waals surface area contributed by atoms with Crippen LogP contribution in [-0.2, 0) is 9.53 Å². The quantitative estimate of drug-likeness (QED) is 0.616. The van der Waals surface area contributed by atoms with E-state index in [4.69, 9.17) is 10.5 Å². The summed E-state index contributed by atoms with van der Waals surface area (Å²) in [5.74, 6) is 0.557. The zero-order chi connectivity index (χ0) is 15.2. The lowest BCUT2D eigenvalue weighted by Crippen LogP contribution is -2.45. The van der Waals surface area contributed by atoms with Crippen LogP contribution in [0.3, 0.4) is 0 Å². The third-order valence-electron chi connectivity index (χ3n) is 3.34. The zero-order valence-electron chi connectivity index (χ0n) is 12.9. The minimum absolute atomic E-state index is 0.368. The monoisotopic (exact) mass is 279 g/mol. The fraction of sp³-hybridized carbons (Fsp3) is 0.562. The van der Waals surface area contributed by atoms with Gasteiger partial charge in [-0.2, -0.15) is 0 Å². The third-order valence-corrected chi connectivity index (χ3v) is 3.34. The summed E-state index contributed by atoms with van der Waals surface area (Å²) in [5, 5.41) is 0. The van der Waals surface area contributed by atoms with Crippen LogP contribution < -0.4 is 10.5 Å². The van der Waals surface area contributed by atoms with Crippen LogP contribution in [0.2, 0.25) is 0 Å². The number of ether oxygens (including phenoxy) is 2. The van der Waals surface area contributed by atoms with Crippen molar-refractivity contribution in [2.45, 2.75) is 45.6 Å². The Bertz CT molecular complexity index is 455. The van der Waals surface area contributed by atoms with Gasteiger partial charge in [-0.3, -0.25) is 4.79 Å². The normalized spacial score (nSPS) is 13.7. The van der Waals surface area contributed by atoms with Gasteiger partial charge in [0.1, 0.15) is 11.3 Å². The molecule has 0 aliphatic rings. The lowest BCUT2D eigenvalue weighted by Gasteiger charge is -2.21. The van der Waals surface area contributed by atoms with Gasteiger partial charge in [0.2, 0.25) is 0 Å². The maximum atomic E-state index is 11.4. The highest BCUT2D eigenvalue weighted by Crippen LogP contribution is 2.20. The molecule has 0 radical (unpaired) electrons. The molecule has 1 aromatic rings. The summed E-state index contributed by atoms with van der Waals surface area (Å²) in [4.78, 5) is 11.4. The van der Waals surface area contributed by atoms with Gasteiger partial charge in [0.05, 0.1) is 13.7 Å². The molecule has 0 saturated heterocycles. The van der Waals surface area contributed by atoms with Crippen molar-refractivity contribution in [3.05, 3.63) is 29.3 Å². The molecule has 1 atom stereocenters. The number of carbonyl (C=O) groups is 1. The summed E-state index contributed by atoms with van der Waals surface area (Å²) < 4.78 is 10.4. The van der Waals surface area contributed by atoms with E-state index in [1.165, 1.54) is 12.7 Å². The highest BCUT2D eigenvalue weighted by Gasteiger charge is 2.28. The van der Waals surface area contributed by atoms with Gasteiger partial charge < -0.3 is 15.2 Å². The van der Waals surface area contributed by atoms with Crippen LogP contribution in [0.15, 0.2) is 18.2 Å². The summed E-state index contributed by atoms with van der Waals surface area (Å²) in [7, 11) is 1.36. The predicted molar refractivity (Wildman–Crippen MR) is 79.9 cm³/mol. The molecule has 0 amide bonds. The van der Waals surface area contributed by atoms with Gasteiger partial charge in [-0.05, 0) is 57.2 Å². The molecule has 1 aromatic carbocycles. The van der Waals surface area contributed by atoms with Gasteiger partial charge in [0.25, 0.3) is 0 Å². The van der Waals surface area contributed by atoms with Crippen LogP contribution in [-0.4, -0.2) is 25.2 Å². The number of unbranched alkanes of at least 4 members (excludes halogenated alkanes) is 1. The number of nitrogens with two attached hydrogens (primary N) is 1. The van der Waals surface area contributed by atoms with Gasteiger partial charge in [0, 0.05) is 0 Å². The lowest BCUT2D eigenvalue weighted by molar-refractivity contribution is -0.146. The highest BCUT2D eigenvalue weighted by molar-refractivity contribution is 5.79. The number of aryl methyl sites for hydroxylation is 2. The smallest absolute Gasteiger partial charge is 0.325 e. The maximum absolute atomic E-state index is 11.4. The van der Waals surface area contributed by atoms with Crippen molar-refractivity contribution in [1.82, 2.24) is 0 Å². The van der Waals surface area contributed by atoms with Crippen LogP contribution in [0.1, 0.15) is 37.3 Å². The molecule has 2 N–H and O–H groups in total. The second kappa shape index (κ2) is 7.29.